The number of ether oxygens (including phenoxy) is 1. The van der Waals surface area contributed by atoms with Crippen LogP contribution in [0.15, 0.2) is 24.3 Å². The lowest BCUT2D eigenvalue weighted by Gasteiger charge is -2.09. The third-order valence-corrected chi connectivity index (χ3v) is 2.70. The van der Waals surface area contributed by atoms with E-state index in [1.807, 2.05) is 24.3 Å². The molecule has 1 amide bonds. The highest BCUT2D eigenvalue weighted by Crippen LogP contribution is 2.17. The van der Waals surface area contributed by atoms with Crippen LogP contribution >= 0.6 is 0 Å². The average Bonchev–Trinajstić information content (AvgIpc) is 2.37. The van der Waals surface area contributed by atoms with Crippen molar-refractivity contribution in [3.63, 3.8) is 0 Å². The van der Waals surface area contributed by atoms with Crippen molar-refractivity contribution in [3.8, 4) is 5.75 Å². The molecule has 0 aliphatic heterocycles. The molecule has 18 heavy (non-hydrogen) atoms. The fraction of sp³-hybridized carbons (Fsp3) is 0.500. The van der Waals surface area contributed by atoms with Crippen molar-refractivity contribution in [2.75, 3.05) is 13.7 Å². The van der Waals surface area contributed by atoms with Crippen LogP contribution in [0, 0.1) is 0 Å². The van der Waals surface area contributed by atoms with Gasteiger partial charge >= 0.3 is 0 Å². The van der Waals surface area contributed by atoms with E-state index in [1.54, 1.807) is 14.0 Å². The minimum absolute atomic E-state index is 0.0224. The molecule has 0 saturated carbocycles. The van der Waals surface area contributed by atoms with Crippen LogP contribution in [0.25, 0.3) is 0 Å². The Morgan fingerprint density at radius 1 is 1.44 bits per heavy atom. The van der Waals surface area contributed by atoms with Gasteiger partial charge in [-0.15, -0.1) is 0 Å². The summed E-state index contributed by atoms with van der Waals surface area (Å²) in [6, 6.07) is 7.77. The van der Waals surface area contributed by atoms with E-state index in [-0.39, 0.29) is 5.91 Å². The Kier molecular flexibility index (Phi) is 6.22. The molecule has 0 spiro atoms. The number of nitrogens with one attached hydrogen (secondary N) is 1. The van der Waals surface area contributed by atoms with E-state index in [0.29, 0.717) is 19.4 Å². The maximum atomic E-state index is 11.4. The Morgan fingerprint density at radius 2 is 2.17 bits per heavy atom. The number of para-hydroxylation sites is 1. The molecule has 0 heterocycles. The minimum atomic E-state index is -0.426. The van der Waals surface area contributed by atoms with Gasteiger partial charge in [-0.2, -0.15) is 0 Å². The van der Waals surface area contributed by atoms with Gasteiger partial charge < -0.3 is 15.2 Å². The fourth-order valence-electron chi connectivity index (χ4n) is 1.67. The molecular formula is C14H21NO3. The summed E-state index contributed by atoms with van der Waals surface area (Å²) < 4.78 is 5.24. The lowest BCUT2D eigenvalue weighted by molar-refractivity contribution is -0.121. The van der Waals surface area contributed by atoms with Crippen LogP contribution < -0.4 is 10.1 Å². The fourth-order valence-corrected chi connectivity index (χ4v) is 1.67. The predicted molar refractivity (Wildman–Crippen MR) is 70.6 cm³/mol. The summed E-state index contributed by atoms with van der Waals surface area (Å²) in [5.41, 5.74) is 1.08. The molecule has 0 saturated heterocycles. The third-order valence-electron chi connectivity index (χ3n) is 2.70. The predicted octanol–water partition coefficient (Wildman–Crippen LogP) is 1.51. The molecule has 1 atom stereocenters. The van der Waals surface area contributed by atoms with E-state index in [9.17, 15) is 4.79 Å². The molecule has 0 radical (unpaired) electrons. The SMILES string of the molecule is COc1ccccc1CCNC(=O)CCC(C)O. The Morgan fingerprint density at radius 3 is 2.83 bits per heavy atom. The minimum Gasteiger partial charge on any atom is -0.496 e. The summed E-state index contributed by atoms with van der Waals surface area (Å²) in [4.78, 5) is 11.4. The quantitative estimate of drug-likeness (QED) is 0.772. The Hall–Kier alpha value is -1.55. The van der Waals surface area contributed by atoms with Crippen LogP contribution in [0.4, 0.5) is 0 Å². The number of amides is 1. The van der Waals surface area contributed by atoms with Crippen molar-refractivity contribution in [2.24, 2.45) is 0 Å². The van der Waals surface area contributed by atoms with Crippen molar-refractivity contribution in [2.45, 2.75) is 32.3 Å². The number of carbonyl (C=O) groups is 1. The van der Waals surface area contributed by atoms with Crippen LogP contribution in [0.1, 0.15) is 25.3 Å². The molecule has 0 fully saturated rings. The van der Waals surface area contributed by atoms with Crippen LogP contribution in [0.2, 0.25) is 0 Å². The van der Waals surface area contributed by atoms with E-state index in [2.05, 4.69) is 5.32 Å². The van der Waals surface area contributed by atoms with E-state index in [4.69, 9.17) is 9.84 Å². The van der Waals surface area contributed by atoms with Crippen LogP contribution in [-0.2, 0) is 11.2 Å². The first-order chi connectivity index (χ1) is 8.63. The Balaban J connectivity index is 2.31. The Bertz CT molecular complexity index is 377. The first-order valence-electron chi connectivity index (χ1n) is 6.20. The highest BCUT2D eigenvalue weighted by Gasteiger charge is 2.05. The molecule has 100 valence electrons. The number of hydrogen-bond donors (Lipinski definition) is 2. The first kappa shape index (κ1) is 14.5. The third kappa shape index (κ3) is 5.19. The number of aliphatic hydroxyl groups excluding tert-OH is 1. The second kappa shape index (κ2) is 7.71. The van der Waals surface area contributed by atoms with Gasteiger partial charge in [0.1, 0.15) is 5.75 Å². The number of hydrogen-bond acceptors (Lipinski definition) is 3. The van der Waals surface area contributed by atoms with Crippen molar-refractivity contribution >= 4 is 5.91 Å². The van der Waals surface area contributed by atoms with Gasteiger partial charge in [0, 0.05) is 13.0 Å². The largest absolute Gasteiger partial charge is 0.496 e. The van der Waals surface area contributed by atoms with Crippen LogP contribution in [-0.4, -0.2) is 30.8 Å². The van der Waals surface area contributed by atoms with Gasteiger partial charge in [0.2, 0.25) is 5.91 Å². The smallest absolute Gasteiger partial charge is 0.220 e. The number of benzene rings is 1. The summed E-state index contributed by atoms with van der Waals surface area (Å²) in [6.45, 7) is 2.27. The topological polar surface area (TPSA) is 58.6 Å². The zero-order valence-corrected chi connectivity index (χ0v) is 11.0. The molecule has 4 nitrogen and oxygen atoms in total. The van der Waals surface area contributed by atoms with Crippen molar-refractivity contribution < 1.29 is 14.6 Å². The lowest BCUT2D eigenvalue weighted by Crippen LogP contribution is -2.26. The lowest BCUT2D eigenvalue weighted by atomic mass is 10.1. The number of carbonyl (C=O) groups excluding carboxylic acids is 1. The molecule has 1 unspecified atom stereocenters. The van der Waals surface area contributed by atoms with E-state index in [1.165, 1.54) is 0 Å². The van der Waals surface area contributed by atoms with Crippen molar-refractivity contribution in [1.29, 1.82) is 0 Å². The van der Waals surface area contributed by atoms with E-state index in [0.717, 1.165) is 17.7 Å². The normalized spacial score (nSPS) is 11.9. The summed E-state index contributed by atoms with van der Waals surface area (Å²) in [6.07, 6.45) is 1.18. The molecule has 0 bridgehead atoms. The van der Waals surface area contributed by atoms with Gasteiger partial charge in [0.05, 0.1) is 13.2 Å². The van der Waals surface area contributed by atoms with E-state index < -0.39 is 6.10 Å². The monoisotopic (exact) mass is 251 g/mol. The molecule has 1 aromatic rings. The van der Waals surface area contributed by atoms with Crippen LogP contribution in [0.3, 0.4) is 0 Å². The van der Waals surface area contributed by atoms with Gasteiger partial charge in [-0.1, -0.05) is 18.2 Å². The van der Waals surface area contributed by atoms with Gasteiger partial charge in [0.25, 0.3) is 0 Å². The highest BCUT2D eigenvalue weighted by atomic mass is 16.5. The summed E-state index contributed by atoms with van der Waals surface area (Å²) in [5, 5.41) is 11.9. The van der Waals surface area contributed by atoms with Crippen molar-refractivity contribution in [3.05, 3.63) is 29.8 Å². The maximum Gasteiger partial charge on any atom is 0.220 e. The van der Waals surface area contributed by atoms with Gasteiger partial charge in [-0.05, 0) is 31.4 Å². The summed E-state index contributed by atoms with van der Waals surface area (Å²) in [7, 11) is 1.64. The Labute approximate surface area is 108 Å². The second-order valence-corrected chi connectivity index (χ2v) is 4.30. The van der Waals surface area contributed by atoms with Gasteiger partial charge in [0.15, 0.2) is 0 Å². The van der Waals surface area contributed by atoms with Crippen molar-refractivity contribution in [1.82, 2.24) is 5.32 Å². The summed E-state index contributed by atoms with van der Waals surface area (Å²) in [5.74, 6) is 0.821. The molecule has 2 N–H and O–H groups in total. The van der Waals surface area contributed by atoms with Gasteiger partial charge in [-0.25, -0.2) is 0 Å². The number of rotatable bonds is 7. The van der Waals surface area contributed by atoms with E-state index >= 15 is 0 Å². The molecule has 1 aromatic carbocycles. The molecule has 1 rings (SSSR count). The molecular weight excluding hydrogens is 230 g/mol. The molecule has 0 aliphatic rings. The van der Waals surface area contributed by atoms with Crippen LogP contribution in [0.5, 0.6) is 5.75 Å². The maximum absolute atomic E-state index is 11.4. The molecule has 0 aromatic heterocycles. The zero-order valence-electron chi connectivity index (χ0n) is 11.0. The molecule has 0 aliphatic carbocycles. The molecule has 4 heteroatoms. The number of methoxy groups -OCH3 is 1. The first-order valence-corrected chi connectivity index (χ1v) is 6.20. The number of aliphatic hydroxyl groups is 1. The average molecular weight is 251 g/mol. The van der Waals surface area contributed by atoms with Gasteiger partial charge in [-0.3, -0.25) is 4.79 Å². The zero-order chi connectivity index (χ0) is 13.4. The standard InChI is InChI=1S/C14H21NO3/c1-11(16)7-8-14(17)15-10-9-12-5-3-4-6-13(12)18-2/h3-6,11,16H,7-10H2,1-2H3,(H,15,17). The second-order valence-electron chi connectivity index (χ2n) is 4.30. The summed E-state index contributed by atoms with van der Waals surface area (Å²) >= 11 is 0. The highest BCUT2D eigenvalue weighted by molar-refractivity contribution is 5.75.